The molecule has 0 saturated carbocycles. The Labute approximate surface area is 138 Å². The molecule has 7 heteroatoms. The first-order valence-electron chi connectivity index (χ1n) is 7.74. The zero-order valence-electron chi connectivity index (χ0n) is 14.2. The van der Waals surface area contributed by atoms with Gasteiger partial charge in [0.05, 0.1) is 0 Å². The van der Waals surface area contributed by atoms with Crippen LogP contribution in [-0.4, -0.2) is 72.8 Å². The van der Waals surface area contributed by atoms with E-state index in [2.05, 4.69) is 5.32 Å². The summed E-state index contributed by atoms with van der Waals surface area (Å²) >= 11 is 1.67. The minimum absolute atomic E-state index is 0.000435. The highest BCUT2D eigenvalue weighted by Crippen LogP contribution is 2.05. The maximum absolute atomic E-state index is 11.9. The monoisotopic (exact) mass is 331 g/mol. The van der Waals surface area contributed by atoms with Gasteiger partial charge in [0.15, 0.2) is 0 Å². The second kappa shape index (κ2) is 12.3. The van der Waals surface area contributed by atoms with Crippen LogP contribution in [0.4, 0.5) is 0 Å². The van der Waals surface area contributed by atoms with Crippen LogP contribution in [0.25, 0.3) is 0 Å². The van der Waals surface area contributed by atoms with E-state index in [1.54, 1.807) is 42.6 Å². The lowest BCUT2D eigenvalue weighted by atomic mass is 10.3. The second-order valence-corrected chi connectivity index (χ2v) is 6.31. The molecule has 22 heavy (non-hydrogen) atoms. The molecule has 128 valence electrons. The lowest BCUT2D eigenvalue weighted by Gasteiger charge is -2.22. The molecule has 3 amide bonds. The summed E-state index contributed by atoms with van der Waals surface area (Å²) in [6.07, 6.45) is 1.44. The van der Waals surface area contributed by atoms with Gasteiger partial charge in [0.1, 0.15) is 0 Å². The second-order valence-electron chi connectivity index (χ2n) is 5.09. The van der Waals surface area contributed by atoms with Crippen molar-refractivity contribution in [2.75, 3.05) is 45.2 Å². The highest BCUT2D eigenvalue weighted by Gasteiger charge is 2.11. The van der Waals surface area contributed by atoms with E-state index in [0.717, 1.165) is 11.5 Å². The van der Waals surface area contributed by atoms with Crippen LogP contribution < -0.4 is 5.32 Å². The maximum atomic E-state index is 11.9. The van der Waals surface area contributed by atoms with Crippen LogP contribution in [0.2, 0.25) is 0 Å². The summed E-state index contributed by atoms with van der Waals surface area (Å²) < 4.78 is 0. The highest BCUT2D eigenvalue weighted by atomic mass is 32.2. The van der Waals surface area contributed by atoms with Crippen LogP contribution in [0.5, 0.6) is 0 Å². The van der Waals surface area contributed by atoms with Crippen LogP contribution in [0.3, 0.4) is 0 Å². The van der Waals surface area contributed by atoms with Gasteiger partial charge in [-0.1, -0.05) is 13.8 Å². The van der Waals surface area contributed by atoms with Crippen molar-refractivity contribution in [3.63, 3.8) is 0 Å². The average Bonchev–Trinajstić information content (AvgIpc) is 2.51. The molecule has 0 aliphatic heterocycles. The predicted octanol–water partition coefficient (Wildman–Crippen LogP) is 0.963. The van der Waals surface area contributed by atoms with Crippen molar-refractivity contribution in [3.05, 3.63) is 0 Å². The van der Waals surface area contributed by atoms with E-state index < -0.39 is 0 Å². The third-order valence-corrected chi connectivity index (χ3v) is 4.11. The molecule has 0 spiro atoms. The van der Waals surface area contributed by atoms with Gasteiger partial charge in [0, 0.05) is 64.5 Å². The zero-order chi connectivity index (χ0) is 17.0. The molecule has 0 aliphatic carbocycles. The molecule has 1 N–H and O–H groups in total. The quantitative estimate of drug-likeness (QED) is 0.573. The third-order valence-electron chi connectivity index (χ3n) is 3.14. The fraction of sp³-hybridized carbons (Fsp3) is 0.800. The molecule has 0 fully saturated rings. The lowest BCUT2D eigenvalue weighted by molar-refractivity contribution is -0.131. The zero-order valence-corrected chi connectivity index (χ0v) is 15.0. The topological polar surface area (TPSA) is 69.7 Å². The van der Waals surface area contributed by atoms with E-state index in [4.69, 9.17) is 0 Å². The largest absolute Gasteiger partial charge is 0.354 e. The number of amides is 3. The van der Waals surface area contributed by atoms with E-state index in [1.165, 1.54) is 0 Å². The highest BCUT2D eigenvalue weighted by molar-refractivity contribution is 7.99. The van der Waals surface area contributed by atoms with Crippen molar-refractivity contribution in [2.45, 2.75) is 33.1 Å². The van der Waals surface area contributed by atoms with E-state index in [-0.39, 0.29) is 17.7 Å². The normalized spacial score (nSPS) is 10.2. The molecule has 0 bridgehead atoms. The molecular formula is C15H29N3O3S. The van der Waals surface area contributed by atoms with Crippen molar-refractivity contribution < 1.29 is 14.4 Å². The van der Waals surface area contributed by atoms with Gasteiger partial charge >= 0.3 is 0 Å². The predicted molar refractivity (Wildman–Crippen MR) is 90.8 cm³/mol. The summed E-state index contributed by atoms with van der Waals surface area (Å²) in [5.41, 5.74) is 0. The first-order chi connectivity index (χ1) is 10.4. The summed E-state index contributed by atoms with van der Waals surface area (Å²) in [5.74, 6) is 1.78. The molecule has 0 aromatic carbocycles. The average molecular weight is 331 g/mol. The number of nitrogens with zero attached hydrogens (tertiary/aromatic N) is 2. The number of rotatable bonds is 11. The summed E-state index contributed by atoms with van der Waals surface area (Å²) in [7, 11) is 3.50. The first kappa shape index (κ1) is 20.8. The molecular weight excluding hydrogens is 302 g/mol. The Morgan fingerprint density at radius 1 is 0.955 bits per heavy atom. The van der Waals surface area contributed by atoms with Crippen molar-refractivity contribution >= 4 is 29.5 Å². The number of hydrogen-bond donors (Lipinski definition) is 1. The van der Waals surface area contributed by atoms with Crippen molar-refractivity contribution in [3.8, 4) is 0 Å². The van der Waals surface area contributed by atoms with Crippen LogP contribution in [0.15, 0.2) is 0 Å². The van der Waals surface area contributed by atoms with E-state index in [1.807, 2.05) is 6.92 Å². The molecule has 0 saturated heterocycles. The molecule has 0 heterocycles. The molecule has 0 atom stereocenters. The Bertz CT molecular complexity index is 362. The Kier molecular flexibility index (Phi) is 11.6. The van der Waals surface area contributed by atoms with Crippen LogP contribution in [0.1, 0.15) is 33.1 Å². The SMILES string of the molecule is CCC(=O)NCCN(CCSCCC(=O)N(C)C)C(=O)CC. The van der Waals surface area contributed by atoms with Crippen molar-refractivity contribution in [1.82, 2.24) is 15.1 Å². The molecule has 6 nitrogen and oxygen atoms in total. The Hall–Kier alpha value is -1.24. The smallest absolute Gasteiger partial charge is 0.222 e. The Morgan fingerprint density at radius 2 is 1.64 bits per heavy atom. The van der Waals surface area contributed by atoms with Gasteiger partial charge in [0.25, 0.3) is 0 Å². The number of carbonyl (C=O) groups excluding carboxylic acids is 3. The van der Waals surface area contributed by atoms with Gasteiger partial charge in [-0.05, 0) is 0 Å². The van der Waals surface area contributed by atoms with Crippen LogP contribution >= 0.6 is 11.8 Å². The van der Waals surface area contributed by atoms with Gasteiger partial charge in [-0.3, -0.25) is 14.4 Å². The Morgan fingerprint density at radius 3 is 2.18 bits per heavy atom. The molecule has 0 aromatic heterocycles. The van der Waals surface area contributed by atoms with Gasteiger partial charge in [-0.25, -0.2) is 0 Å². The lowest BCUT2D eigenvalue weighted by Crippen LogP contribution is -2.39. The van der Waals surface area contributed by atoms with Crippen molar-refractivity contribution in [1.29, 1.82) is 0 Å². The minimum Gasteiger partial charge on any atom is -0.354 e. The third kappa shape index (κ3) is 9.65. The number of nitrogens with one attached hydrogen (secondary N) is 1. The minimum atomic E-state index is 0.000435. The number of thioether (sulfide) groups is 1. The number of carbonyl (C=O) groups is 3. The molecule has 0 rings (SSSR count). The summed E-state index contributed by atoms with van der Waals surface area (Å²) in [4.78, 5) is 37.9. The fourth-order valence-electron chi connectivity index (χ4n) is 1.70. The van der Waals surface area contributed by atoms with Gasteiger partial charge in [0.2, 0.25) is 17.7 Å². The maximum Gasteiger partial charge on any atom is 0.222 e. The molecule has 0 radical (unpaired) electrons. The van der Waals surface area contributed by atoms with Crippen LogP contribution in [-0.2, 0) is 14.4 Å². The molecule has 0 aliphatic rings. The fourth-order valence-corrected chi connectivity index (χ4v) is 2.57. The summed E-state index contributed by atoms with van der Waals surface area (Å²) in [6.45, 7) is 5.31. The number of hydrogen-bond acceptors (Lipinski definition) is 4. The molecule has 0 aromatic rings. The van der Waals surface area contributed by atoms with Gasteiger partial charge < -0.3 is 15.1 Å². The van der Waals surface area contributed by atoms with E-state index in [9.17, 15) is 14.4 Å². The van der Waals surface area contributed by atoms with E-state index in [0.29, 0.717) is 38.9 Å². The summed E-state index contributed by atoms with van der Waals surface area (Å²) in [5, 5.41) is 2.78. The Balaban J connectivity index is 3.97. The summed E-state index contributed by atoms with van der Waals surface area (Å²) in [6, 6.07) is 0. The van der Waals surface area contributed by atoms with Crippen molar-refractivity contribution in [2.24, 2.45) is 0 Å². The van der Waals surface area contributed by atoms with Gasteiger partial charge in [-0.15, -0.1) is 0 Å². The van der Waals surface area contributed by atoms with Gasteiger partial charge in [-0.2, -0.15) is 11.8 Å². The first-order valence-corrected chi connectivity index (χ1v) is 8.90. The standard InChI is InChI=1S/C15H29N3O3S/c1-5-13(19)16-8-9-18(14(20)6-2)10-12-22-11-7-15(21)17(3)4/h5-12H2,1-4H3,(H,16,19). The van der Waals surface area contributed by atoms with E-state index >= 15 is 0 Å². The van der Waals surface area contributed by atoms with Crippen LogP contribution in [0, 0.1) is 0 Å². The molecule has 0 unspecified atom stereocenters.